The van der Waals surface area contributed by atoms with Gasteiger partial charge in [-0.1, -0.05) is 25.4 Å². The zero-order valence-corrected chi connectivity index (χ0v) is 17.0. The maximum atomic E-state index is 13.7. The molecular formula is C18H20ClFN4S2. The molecule has 0 fully saturated rings. The molecule has 0 radical (unpaired) electrons. The molecule has 3 heterocycles. The van der Waals surface area contributed by atoms with Crippen LogP contribution in [0.15, 0.2) is 41.0 Å². The van der Waals surface area contributed by atoms with Crippen LogP contribution in [0, 0.1) is 5.82 Å². The summed E-state index contributed by atoms with van der Waals surface area (Å²) in [7, 11) is 0. The first-order chi connectivity index (χ1) is 12.7. The van der Waals surface area contributed by atoms with Gasteiger partial charge in [0, 0.05) is 35.1 Å². The van der Waals surface area contributed by atoms with Gasteiger partial charge in [0.1, 0.15) is 10.8 Å². The zero-order chi connectivity index (χ0) is 18.7. The number of aryl methyl sites for hydroxylation is 1. The van der Waals surface area contributed by atoms with Crippen LogP contribution in [0.5, 0.6) is 0 Å². The van der Waals surface area contributed by atoms with Crippen LogP contribution >= 0.6 is 34.9 Å². The molecule has 3 aromatic heterocycles. The molecule has 0 saturated carbocycles. The molecule has 0 unspecified atom stereocenters. The second kappa shape index (κ2) is 8.43. The second-order valence-corrected chi connectivity index (χ2v) is 7.58. The van der Waals surface area contributed by atoms with E-state index in [1.54, 1.807) is 12.1 Å². The van der Waals surface area contributed by atoms with Gasteiger partial charge in [0.25, 0.3) is 0 Å². The van der Waals surface area contributed by atoms with Crippen LogP contribution < -0.4 is 5.73 Å². The first kappa shape index (κ1) is 19.2. The molecule has 0 amide bonds. The molecule has 4 nitrogen and oxygen atoms in total. The molecular weight excluding hydrogens is 391 g/mol. The molecule has 0 spiro atoms. The number of thiazole rings is 1. The number of fused-ring (bicyclic) bond motifs is 2. The number of imidazole rings is 1. The van der Waals surface area contributed by atoms with Crippen LogP contribution in [0.1, 0.15) is 25.8 Å². The topological polar surface area (TPSA) is 48.2 Å². The van der Waals surface area contributed by atoms with Gasteiger partial charge in [-0.3, -0.25) is 8.37 Å². The predicted molar refractivity (Wildman–Crippen MR) is 110 cm³/mol. The highest BCUT2D eigenvalue weighted by atomic mass is 35.5. The normalized spacial score (nSPS) is 11.1. The summed E-state index contributed by atoms with van der Waals surface area (Å²) in [6.45, 7) is 4.61. The van der Waals surface area contributed by atoms with E-state index in [1.165, 1.54) is 29.4 Å². The number of halogens is 2. The summed E-state index contributed by atoms with van der Waals surface area (Å²) in [5.41, 5.74) is 7.66. The van der Waals surface area contributed by atoms with E-state index in [0.29, 0.717) is 11.7 Å². The van der Waals surface area contributed by atoms with Crippen molar-refractivity contribution in [1.82, 2.24) is 13.4 Å². The van der Waals surface area contributed by atoms with Crippen molar-refractivity contribution in [2.24, 2.45) is 5.73 Å². The molecule has 138 valence electrons. The monoisotopic (exact) mass is 410 g/mol. The molecule has 1 aromatic carbocycles. The van der Waals surface area contributed by atoms with E-state index in [-0.39, 0.29) is 5.82 Å². The molecule has 8 heteroatoms. The molecule has 0 saturated heterocycles. The fourth-order valence-electron chi connectivity index (χ4n) is 2.72. The fraction of sp³-hybridized carbons (Fsp3) is 0.278. The Bertz CT molecular complexity index is 1020. The average molecular weight is 411 g/mol. The van der Waals surface area contributed by atoms with E-state index in [9.17, 15) is 4.39 Å². The Morgan fingerprint density at radius 1 is 1.35 bits per heavy atom. The summed E-state index contributed by atoms with van der Waals surface area (Å²) >= 11 is 9.31. The van der Waals surface area contributed by atoms with Gasteiger partial charge in [-0.05, 0) is 43.1 Å². The number of hydrogen-bond acceptors (Lipinski definition) is 4. The summed E-state index contributed by atoms with van der Waals surface area (Å²) in [5, 5.41) is 4.20. The van der Waals surface area contributed by atoms with Crippen molar-refractivity contribution in [2.75, 3.05) is 6.54 Å². The van der Waals surface area contributed by atoms with Crippen LogP contribution in [0.25, 0.3) is 15.9 Å². The Labute approximate surface area is 164 Å². The molecule has 4 aromatic rings. The van der Waals surface area contributed by atoms with Crippen molar-refractivity contribution in [1.29, 1.82) is 0 Å². The summed E-state index contributed by atoms with van der Waals surface area (Å²) < 4.78 is 17.7. The van der Waals surface area contributed by atoms with Gasteiger partial charge < -0.3 is 5.73 Å². The van der Waals surface area contributed by atoms with E-state index in [2.05, 4.69) is 4.98 Å². The van der Waals surface area contributed by atoms with Gasteiger partial charge in [-0.25, -0.2) is 9.37 Å². The van der Waals surface area contributed by atoms with E-state index < -0.39 is 0 Å². The number of benzene rings is 1. The standard InChI is InChI=1S/C16H14ClFN4S2.C2H6/c17-14-15(21-6-7-23-16(21)20-14)24-22-9-10(2-1-5-19)12-8-11(18)3-4-13(12)22;1-2/h3-4,6-9H,1-2,5,19H2;1-2H3. The van der Waals surface area contributed by atoms with Crippen LogP contribution in [-0.2, 0) is 6.42 Å². The molecule has 0 atom stereocenters. The highest BCUT2D eigenvalue weighted by Crippen LogP contribution is 2.35. The molecule has 0 aliphatic carbocycles. The van der Waals surface area contributed by atoms with Crippen molar-refractivity contribution < 1.29 is 4.39 Å². The minimum atomic E-state index is -0.234. The highest BCUT2D eigenvalue weighted by molar-refractivity contribution is 7.98. The lowest BCUT2D eigenvalue weighted by Crippen LogP contribution is -1.99. The third kappa shape index (κ3) is 3.62. The van der Waals surface area contributed by atoms with E-state index >= 15 is 0 Å². The first-order valence-corrected chi connectivity index (χ1v) is 10.5. The quantitative estimate of drug-likeness (QED) is 0.464. The Balaban J connectivity index is 0.000000948. The van der Waals surface area contributed by atoms with Crippen molar-refractivity contribution in [3.8, 4) is 0 Å². The summed E-state index contributed by atoms with van der Waals surface area (Å²) in [6.07, 6.45) is 5.66. The van der Waals surface area contributed by atoms with E-state index in [1.807, 2.05) is 40.0 Å². The van der Waals surface area contributed by atoms with Crippen LogP contribution in [0.3, 0.4) is 0 Å². The number of hydrogen-bond donors (Lipinski definition) is 1. The Hall–Kier alpha value is -1.54. The number of nitrogens with zero attached hydrogens (tertiary/aromatic N) is 3. The Morgan fingerprint density at radius 3 is 2.92 bits per heavy atom. The maximum absolute atomic E-state index is 13.7. The van der Waals surface area contributed by atoms with Gasteiger partial charge >= 0.3 is 0 Å². The Morgan fingerprint density at radius 2 is 2.15 bits per heavy atom. The minimum Gasteiger partial charge on any atom is -0.330 e. The first-order valence-electron chi connectivity index (χ1n) is 8.46. The lowest BCUT2D eigenvalue weighted by molar-refractivity contribution is 0.629. The molecule has 0 aliphatic heterocycles. The Kier molecular flexibility index (Phi) is 6.24. The largest absolute Gasteiger partial charge is 0.330 e. The fourth-order valence-corrected chi connectivity index (χ4v) is 4.80. The van der Waals surface area contributed by atoms with Crippen molar-refractivity contribution in [3.05, 3.63) is 52.5 Å². The molecule has 0 aliphatic rings. The summed E-state index contributed by atoms with van der Waals surface area (Å²) in [6, 6.07) is 4.85. The van der Waals surface area contributed by atoms with Crippen LogP contribution in [0.4, 0.5) is 4.39 Å². The number of nitrogens with two attached hydrogens (primary N) is 1. The zero-order valence-electron chi connectivity index (χ0n) is 14.6. The molecule has 0 bridgehead atoms. The smallest absolute Gasteiger partial charge is 0.196 e. The van der Waals surface area contributed by atoms with Crippen LogP contribution in [0.2, 0.25) is 5.15 Å². The molecule has 26 heavy (non-hydrogen) atoms. The minimum absolute atomic E-state index is 0.234. The third-order valence-corrected chi connectivity index (χ3v) is 6.02. The SMILES string of the molecule is CC.NCCCc1cn(Sc2c(Cl)nc3sccn23)c2ccc(F)cc12. The predicted octanol–water partition coefficient (Wildman–Crippen LogP) is 5.62. The number of aromatic nitrogens is 3. The van der Waals surface area contributed by atoms with Crippen molar-refractivity contribution in [2.45, 2.75) is 31.7 Å². The van der Waals surface area contributed by atoms with E-state index in [4.69, 9.17) is 17.3 Å². The number of rotatable bonds is 5. The van der Waals surface area contributed by atoms with Gasteiger partial charge in [0.15, 0.2) is 10.1 Å². The lowest BCUT2D eigenvalue weighted by atomic mass is 10.1. The average Bonchev–Trinajstić information content (AvgIpc) is 3.30. The van der Waals surface area contributed by atoms with Crippen molar-refractivity contribution >= 4 is 50.7 Å². The van der Waals surface area contributed by atoms with Gasteiger partial charge in [0.05, 0.1) is 5.52 Å². The van der Waals surface area contributed by atoms with Gasteiger partial charge in [-0.2, -0.15) is 0 Å². The molecule has 4 rings (SSSR count). The summed E-state index contributed by atoms with van der Waals surface area (Å²) in [4.78, 5) is 5.21. The lowest BCUT2D eigenvalue weighted by Gasteiger charge is -2.03. The second-order valence-electron chi connectivity index (χ2n) is 5.39. The molecule has 2 N–H and O–H groups in total. The van der Waals surface area contributed by atoms with E-state index in [0.717, 1.165) is 39.3 Å². The highest BCUT2D eigenvalue weighted by Gasteiger charge is 2.16. The summed E-state index contributed by atoms with van der Waals surface area (Å²) in [5.74, 6) is -0.234. The maximum Gasteiger partial charge on any atom is 0.196 e. The van der Waals surface area contributed by atoms with Crippen molar-refractivity contribution in [3.63, 3.8) is 0 Å². The third-order valence-electron chi connectivity index (χ3n) is 3.83. The van der Waals surface area contributed by atoms with Gasteiger partial charge in [0.2, 0.25) is 0 Å². The van der Waals surface area contributed by atoms with Gasteiger partial charge in [-0.15, -0.1) is 11.3 Å². The van der Waals surface area contributed by atoms with Crippen LogP contribution in [-0.4, -0.2) is 19.9 Å².